The van der Waals surface area contributed by atoms with Gasteiger partial charge >= 0.3 is 12.1 Å². The van der Waals surface area contributed by atoms with Crippen LogP contribution in [-0.2, 0) is 14.3 Å². The molecule has 5 heteroatoms. The summed E-state index contributed by atoms with van der Waals surface area (Å²) in [5.74, 6) is -0.782. The summed E-state index contributed by atoms with van der Waals surface area (Å²) in [6.45, 7) is 8.69. The average molecular weight is 259 g/mol. The van der Waals surface area contributed by atoms with E-state index in [-0.39, 0.29) is 12.1 Å². The molecule has 0 radical (unpaired) electrons. The van der Waals surface area contributed by atoms with Gasteiger partial charge in [-0.2, -0.15) is 0 Å². The van der Waals surface area contributed by atoms with Crippen LogP contribution in [0.4, 0.5) is 4.79 Å². The molecule has 1 amide bonds. The van der Waals surface area contributed by atoms with Crippen molar-refractivity contribution in [1.82, 2.24) is 4.90 Å². The van der Waals surface area contributed by atoms with E-state index in [0.29, 0.717) is 19.5 Å². The molecule has 5 nitrogen and oxygen atoms in total. The summed E-state index contributed by atoms with van der Waals surface area (Å²) in [5, 5.41) is 0. The fourth-order valence-electron chi connectivity index (χ4n) is 1.72. The highest BCUT2D eigenvalue weighted by atomic mass is 16.6. The van der Waals surface area contributed by atoms with E-state index in [1.165, 1.54) is 7.11 Å². The number of methoxy groups -OCH3 is 1. The second kappa shape index (κ2) is 8.78. The third-order valence-corrected chi connectivity index (χ3v) is 2.98. The maximum absolute atomic E-state index is 11.9. The smallest absolute Gasteiger partial charge is 0.410 e. The van der Waals surface area contributed by atoms with E-state index in [0.717, 1.165) is 6.42 Å². The molecule has 0 aromatic carbocycles. The zero-order valence-corrected chi connectivity index (χ0v) is 12.1. The van der Waals surface area contributed by atoms with Gasteiger partial charge in [0.15, 0.2) is 0 Å². The summed E-state index contributed by atoms with van der Waals surface area (Å²) < 4.78 is 10.1. The number of carbonyl (C=O) groups is 2. The molecule has 0 aliphatic rings. The van der Waals surface area contributed by atoms with Crippen molar-refractivity contribution in [3.63, 3.8) is 0 Å². The topological polar surface area (TPSA) is 55.8 Å². The number of amides is 1. The van der Waals surface area contributed by atoms with Gasteiger partial charge in [-0.3, -0.25) is 4.79 Å². The minimum absolute atomic E-state index is 0.346. The summed E-state index contributed by atoms with van der Waals surface area (Å²) >= 11 is 0. The van der Waals surface area contributed by atoms with Gasteiger partial charge in [-0.05, 0) is 27.2 Å². The van der Waals surface area contributed by atoms with Crippen molar-refractivity contribution in [2.24, 2.45) is 5.92 Å². The highest BCUT2D eigenvalue weighted by molar-refractivity contribution is 5.73. The fraction of sp³-hybridized carbons (Fsp3) is 0.846. The van der Waals surface area contributed by atoms with Crippen molar-refractivity contribution < 1.29 is 19.1 Å². The lowest BCUT2D eigenvalue weighted by Gasteiger charge is -2.26. The van der Waals surface area contributed by atoms with Gasteiger partial charge < -0.3 is 14.4 Å². The Hall–Kier alpha value is -1.26. The standard InChI is InChI=1S/C13H25NO4/c1-6-9-11(10(4)12(15)17-5)18-13(16)14(7-2)8-3/h10-11H,6-9H2,1-5H3. The molecule has 0 spiro atoms. The van der Waals surface area contributed by atoms with Crippen LogP contribution in [0.15, 0.2) is 0 Å². The molecule has 0 fully saturated rings. The first-order valence-corrected chi connectivity index (χ1v) is 6.55. The largest absolute Gasteiger partial charge is 0.469 e. The van der Waals surface area contributed by atoms with Crippen LogP contribution in [0.3, 0.4) is 0 Å². The van der Waals surface area contributed by atoms with Gasteiger partial charge in [0, 0.05) is 13.1 Å². The molecule has 0 aliphatic heterocycles. The molecular formula is C13H25NO4. The molecule has 2 atom stereocenters. The van der Waals surface area contributed by atoms with E-state index < -0.39 is 12.0 Å². The molecular weight excluding hydrogens is 234 g/mol. The zero-order valence-electron chi connectivity index (χ0n) is 12.1. The van der Waals surface area contributed by atoms with Crippen molar-refractivity contribution in [3.8, 4) is 0 Å². The average Bonchev–Trinajstić information content (AvgIpc) is 2.37. The van der Waals surface area contributed by atoms with Crippen LogP contribution in [0.5, 0.6) is 0 Å². The minimum Gasteiger partial charge on any atom is -0.469 e. The molecule has 2 unspecified atom stereocenters. The lowest BCUT2D eigenvalue weighted by molar-refractivity contribution is -0.148. The summed E-state index contributed by atoms with van der Waals surface area (Å²) in [6.07, 6.45) is 0.714. The van der Waals surface area contributed by atoms with Gasteiger partial charge in [-0.25, -0.2) is 4.79 Å². The Labute approximate surface area is 109 Å². The summed E-state index contributed by atoms with van der Waals surface area (Å²) in [5.41, 5.74) is 0. The first-order chi connectivity index (χ1) is 8.51. The lowest BCUT2D eigenvalue weighted by Crippen LogP contribution is -2.38. The Morgan fingerprint density at radius 3 is 2.11 bits per heavy atom. The number of hydrogen-bond donors (Lipinski definition) is 0. The highest BCUT2D eigenvalue weighted by Gasteiger charge is 2.28. The Morgan fingerprint density at radius 1 is 1.17 bits per heavy atom. The molecule has 0 aliphatic carbocycles. The van der Waals surface area contributed by atoms with Gasteiger partial charge in [-0.15, -0.1) is 0 Å². The number of rotatable bonds is 7. The van der Waals surface area contributed by atoms with Gasteiger partial charge in [0.2, 0.25) is 0 Å². The number of nitrogens with zero attached hydrogens (tertiary/aromatic N) is 1. The van der Waals surface area contributed by atoms with Crippen LogP contribution < -0.4 is 0 Å². The van der Waals surface area contributed by atoms with Crippen molar-refractivity contribution in [3.05, 3.63) is 0 Å². The molecule has 0 aromatic heterocycles. The van der Waals surface area contributed by atoms with Gasteiger partial charge in [0.1, 0.15) is 6.10 Å². The number of carbonyl (C=O) groups excluding carboxylic acids is 2. The van der Waals surface area contributed by atoms with Crippen LogP contribution in [-0.4, -0.2) is 43.3 Å². The molecule has 106 valence electrons. The predicted octanol–water partition coefficient (Wildman–Crippen LogP) is 2.44. The SMILES string of the molecule is CCCC(OC(=O)N(CC)CC)C(C)C(=O)OC. The first kappa shape index (κ1) is 16.7. The molecule has 0 saturated heterocycles. The molecule has 0 saturated carbocycles. The maximum atomic E-state index is 11.9. The van der Waals surface area contributed by atoms with Gasteiger partial charge in [0.25, 0.3) is 0 Å². The van der Waals surface area contributed by atoms with E-state index in [2.05, 4.69) is 0 Å². The van der Waals surface area contributed by atoms with Gasteiger partial charge in [0.05, 0.1) is 13.0 Å². The Kier molecular flexibility index (Phi) is 8.16. The van der Waals surface area contributed by atoms with Crippen LogP contribution >= 0.6 is 0 Å². The Balaban J connectivity index is 4.61. The molecule has 0 heterocycles. The zero-order chi connectivity index (χ0) is 14.1. The maximum Gasteiger partial charge on any atom is 0.410 e. The summed E-state index contributed by atoms with van der Waals surface area (Å²) in [4.78, 5) is 24.9. The van der Waals surface area contributed by atoms with Gasteiger partial charge in [-0.1, -0.05) is 13.3 Å². The van der Waals surface area contributed by atoms with Crippen molar-refractivity contribution in [1.29, 1.82) is 0 Å². The lowest BCUT2D eigenvalue weighted by atomic mass is 10.0. The van der Waals surface area contributed by atoms with E-state index in [9.17, 15) is 9.59 Å². The van der Waals surface area contributed by atoms with Crippen LogP contribution in [0.25, 0.3) is 0 Å². The highest BCUT2D eigenvalue weighted by Crippen LogP contribution is 2.16. The molecule has 0 bridgehead atoms. The molecule has 0 aromatic rings. The second-order valence-electron chi connectivity index (χ2n) is 4.20. The monoisotopic (exact) mass is 259 g/mol. The number of hydrogen-bond acceptors (Lipinski definition) is 4. The molecule has 0 N–H and O–H groups in total. The number of ether oxygens (including phenoxy) is 2. The third kappa shape index (κ3) is 4.94. The summed E-state index contributed by atoms with van der Waals surface area (Å²) in [7, 11) is 1.34. The second-order valence-corrected chi connectivity index (χ2v) is 4.20. The van der Waals surface area contributed by atoms with Crippen LogP contribution in [0, 0.1) is 5.92 Å². The van der Waals surface area contributed by atoms with E-state index >= 15 is 0 Å². The third-order valence-electron chi connectivity index (χ3n) is 2.98. The normalized spacial score (nSPS) is 13.6. The molecule has 0 rings (SSSR count). The number of esters is 1. The Morgan fingerprint density at radius 2 is 1.72 bits per heavy atom. The Bertz CT molecular complexity index is 264. The van der Waals surface area contributed by atoms with Crippen molar-refractivity contribution in [2.75, 3.05) is 20.2 Å². The van der Waals surface area contributed by atoms with Crippen molar-refractivity contribution >= 4 is 12.1 Å². The predicted molar refractivity (Wildman–Crippen MR) is 69.3 cm³/mol. The van der Waals surface area contributed by atoms with Crippen LogP contribution in [0.2, 0.25) is 0 Å². The van der Waals surface area contributed by atoms with E-state index in [4.69, 9.17) is 9.47 Å². The van der Waals surface area contributed by atoms with E-state index in [1.54, 1.807) is 11.8 Å². The quantitative estimate of drug-likeness (QED) is 0.659. The fourth-order valence-corrected chi connectivity index (χ4v) is 1.72. The minimum atomic E-state index is -0.436. The van der Waals surface area contributed by atoms with Crippen LogP contribution in [0.1, 0.15) is 40.5 Å². The van der Waals surface area contributed by atoms with E-state index in [1.807, 2.05) is 20.8 Å². The summed E-state index contributed by atoms with van der Waals surface area (Å²) in [6, 6.07) is 0. The van der Waals surface area contributed by atoms with Crippen molar-refractivity contribution in [2.45, 2.75) is 46.6 Å². The first-order valence-electron chi connectivity index (χ1n) is 6.55. The molecule has 18 heavy (non-hydrogen) atoms.